The average Bonchev–Trinajstić information content (AvgIpc) is 2.92. The van der Waals surface area contributed by atoms with Gasteiger partial charge in [0.1, 0.15) is 0 Å². The molecule has 1 fully saturated rings. The summed E-state index contributed by atoms with van der Waals surface area (Å²) in [5, 5.41) is 3.78. The monoisotopic (exact) mass is 272 g/mol. The summed E-state index contributed by atoms with van der Waals surface area (Å²) in [7, 11) is 0. The molecule has 1 aliphatic heterocycles. The molecule has 2 heteroatoms. The van der Waals surface area contributed by atoms with E-state index in [1.807, 2.05) is 0 Å². The third-order valence-electron chi connectivity index (χ3n) is 4.93. The Morgan fingerprint density at radius 2 is 2.15 bits per heavy atom. The molecule has 0 amide bonds. The lowest BCUT2D eigenvalue weighted by molar-refractivity contribution is 0.443. The highest BCUT2D eigenvalue weighted by Gasteiger charge is 2.33. The fourth-order valence-corrected chi connectivity index (χ4v) is 3.98. The number of fused-ring (bicyclic) bond motifs is 1. The first-order valence-corrected chi connectivity index (χ1v) is 8.39. The van der Waals surface area contributed by atoms with Gasteiger partial charge in [0.2, 0.25) is 0 Å². The van der Waals surface area contributed by atoms with E-state index in [2.05, 4.69) is 42.3 Å². The molecule has 1 aromatic rings. The second-order valence-corrected chi connectivity index (χ2v) is 6.49. The van der Waals surface area contributed by atoms with Crippen LogP contribution in [-0.4, -0.2) is 25.2 Å². The Morgan fingerprint density at radius 3 is 3.00 bits per heavy atom. The molecule has 2 atom stereocenters. The van der Waals surface area contributed by atoms with E-state index in [-0.39, 0.29) is 0 Å². The Hall–Kier alpha value is -1.02. The molecule has 2 unspecified atom stereocenters. The van der Waals surface area contributed by atoms with Gasteiger partial charge in [0.25, 0.3) is 0 Å². The van der Waals surface area contributed by atoms with Gasteiger partial charge in [-0.3, -0.25) is 0 Å². The lowest BCUT2D eigenvalue weighted by Gasteiger charge is -2.39. The minimum atomic E-state index is 0.696. The number of nitrogens with zero attached hydrogens (tertiary/aromatic N) is 1. The van der Waals surface area contributed by atoms with Gasteiger partial charge < -0.3 is 10.2 Å². The van der Waals surface area contributed by atoms with Crippen molar-refractivity contribution in [2.45, 2.75) is 64.5 Å². The maximum Gasteiger partial charge on any atom is 0.0443 e. The number of hydrogen-bond donors (Lipinski definition) is 1. The lowest BCUT2D eigenvalue weighted by atomic mass is 9.97. The highest BCUT2D eigenvalue weighted by molar-refractivity contribution is 5.57. The van der Waals surface area contributed by atoms with Crippen LogP contribution in [0.4, 0.5) is 5.69 Å². The highest BCUT2D eigenvalue weighted by atomic mass is 15.2. The van der Waals surface area contributed by atoms with Crippen molar-refractivity contribution in [3.05, 3.63) is 29.3 Å². The molecular weight excluding hydrogens is 244 g/mol. The molecule has 20 heavy (non-hydrogen) atoms. The molecule has 0 saturated heterocycles. The smallest absolute Gasteiger partial charge is 0.0443 e. The van der Waals surface area contributed by atoms with Gasteiger partial charge in [0.05, 0.1) is 0 Å². The molecule has 0 bridgehead atoms. The highest BCUT2D eigenvalue weighted by Crippen LogP contribution is 2.34. The van der Waals surface area contributed by atoms with Crippen molar-refractivity contribution < 1.29 is 0 Å². The van der Waals surface area contributed by atoms with Gasteiger partial charge in [-0.05, 0) is 63.6 Å². The maximum absolute atomic E-state index is 3.78. The zero-order valence-electron chi connectivity index (χ0n) is 13.0. The molecule has 110 valence electrons. The normalized spacial score (nSPS) is 25.8. The van der Waals surface area contributed by atoms with Gasteiger partial charge in [0, 0.05) is 24.3 Å². The predicted molar refractivity (Wildman–Crippen MR) is 86.6 cm³/mol. The standard InChI is InChI=1S/C18H28N2/c1-3-11-19-16-7-4-8-18(16)20-12-5-6-15-13-14(2)9-10-17(15)20/h9-10,13,16,18-19H,3-8,11-12H2,1-2H3. The Kier molecular flexibility index (Phi) is 4.30. The van der Waals surface area contributed by atoms with Gasteiger partial charge in [-0.15, -0.1) is 0 Å². The first-order valence-electron chi connectivity index (χ1n) is 8.39. The summed E-state index contributed by atoms with van der Waals surface area (Å²) in [6.45, 7) is 6.87. The van der Waals surface area contributed by atoms with Gasteiger partial charge in [0.15, 0.2) is 0 Å². The average molecular weight is 272 g/mol. The summed E-state index contributed by atoms with van der Waals surface area (Å²) < 4.78 is 0. The van der Waals surface area contributed by atoms with Crippen LogP contribution in [0.25, 0.3) is 0 Å². The van der Waals surface area contributed by atoms with Crippen LogP contribution in [0, 0.1) is 6.92 Å². The molecule has 0 spiro atoms. The molecular formula is C18H28N2. The molecule has 1 heterocycles. The van der Waals surface area contributed by atoms with Crippen LogP contribution in [-0.2, 0) is 6.42 Å². The predicted octanol–water partition coefficient (Wildman–Crippen LogP) is 3.67. The summed E-state index contributed by atoms with van der Waals surface area (Å²) in [6, 6.07) is 8.44. The van der Waals surface area contributed by atoms with Gasteiger partial charge in [-0.1, -0.05) is 24.6 Å². The van der Waals surface area contributed by atoms with E-state index < -0.39 is 0 Å². The Morgan fingerprint density at radius 1 is 1.25 bits per heavy atom. The van der Waals surface area contributed by atoms with Gasteiger partial charge in [-0.2, -0.15) is 0 Å². The summed E-state index contributed by atoms with van der Waals surface area (Å²) in [5.41, 5.74) is 4.48. The Balaban J connectivity index is 1.81. The largest absolute Gasteiger partial charge is 0.367 e. The molecule has 2 aliphatic rings. The Bertz CT molecular complexity index is 455. The molecule has 1 N–H and O–H groups in total. The van der Waals surface area contributed by atoms with Crippen molar-refractivity contribution >= 4 is 5.69 Å². The van der Waals surface area contributed by atoms with E-state index in [1.165, 1.54) is 56.3 Å². The third kappa shape index (κ3) is 2.71. The summed E-state index contributed by atoms with van der Waals surface area (Å²) in [5.74, 6) is 0. The molecule has 1 aromatic carbocycles. The van der Waals surface area contributed by atoms with Gasteiger partial charge in [-0.25, -0.2) is 0 Å². The molecule has 0 radical (unpaired) electrons. The van der Waals surface area contributed by atoms with Crippen molar-refractivity contribution in [3.63, 3.8) is 0 Å². The topological polar surface area (TPSA) is 15.3 Å². The fraction of sp³-hybridized carbons (Fsp3) is 0.667. The molecule has 0 aromatic heterocycles. The van der Waals surface area contributed by atoms with Crippen LogP contribution < -0.4 is 10.2 Å². The Labute approximate surface area is 123 Å². The number of rotatable bonds is 4. The third-order valence-corrected chi connectivity index (χ3v) is 4.93. The summed E-state index contributed by atoms with van der Waals surface area (Å²) >= 11 is 0. The van der Waals surface area contributed by atoms with Crippen molar-refractivity contribution in [3.8, 4) is 0 Å². The van der Waals surface area contributed by atoms with Crippen molar-refractivity contribution in [2.75, 3.05) is 18.0 Å². The van der Waals surface area contributed by atoms with Crippen LogP contribution >= 0.6 is 0 Å². The minimum Gasteiger partial charge on any atom is -0.367 e. The van der Waals surface area contributed by atoms with Crippen LogP contribution in [0.15, 0.2) is 18.2 Å². The fourth-order valence-electron chi connectivity index (χ4n) is 3.98. The first-order chi connectivity index (χ1) is 9.79. The quantitative estimate of drug-likeness (QED) is 0.899. The molecule has 2 nitrogen and oxygen atoms in total. The van der Waals surface area contributed by atoms with E-state index in [0.717, 1.165) is 6.54 Å². The number of aryl methyl sites for hydroxylation is 2. The zero-order chi connectivity index (χ0) is 13.9. The van der Waals surface area contributed by atoms with Crippen molar-refractivity contribution in [2.24, 2.45) is 0 Å². The molecule has 1 saturated carbocycles. The summed E-state index contributed by atoms with van der Waals surface area (Å²) in [6.07, 6.45) is 7.89. The van der Waals surface area contributed by atoms with Gasteiger partial charge >= 0.3 is 0 Å². The summed E-state index contributed by atoms with van der Waals surface area (Å²) in [4.78, 5) is 2.71. The molecule has 1 aliphatic carbocycles. The number of benzene rings is 1. The number of hydrogen-bond acceptors (Lipinski definition) is 2. The maximum atomic E-state index is 3.78. The van der Waals surface area contributed by atoms with E-state index in [1.54, 1.807) is 5.56 Å². The zero-order valence-corrected chi connectivity index (χ0v) is 13.0. The van der Waals surface area contributed by atoms with E-state index in [9.17, 15) is 0 Å². The SMILES string of the molecule is CCCNC1CCCC1N1CCCc2cc(C)ccc21. The van der Waals surface area contributed by atoms with Crippen LogP contribution in [0.3, 0.4) is 0 Å². The first kappa shape index (κ1) is 13.9. The van der Waals surface area contributed by atoms with Crippen molar-refractivity contribution in [1.82, 2.24) is 5.32 Å². The minimum absolute atomic E-state index is 0.696. The van der Waals surface area contributed by atoms with Crippen LogP contribution in [0.5, 0.6) is 0 Å². The van der Waals surface area contributed by atoms with E-state index in [0.29, 0.717) is 12.1 Å². The second-order valence-electron chi connectivity index (χ2n) is 6.49. The lowest BCUT2D eigenvalue weighted by Crippen LogP contribution is -2.49. The second kappa shape index (κ2) is 6.17. The van der Waals surface area contributed by atoms with Crippen LogP contribution in [0.1, 0.15) is 50.2 Å². The number of anilines is 1. The van der Waals surface area contributed by atoms with E-state index >= 15 is 0 Å². The van der Waals surface area contributed by atoms with Crippen LogP contribution in [0.2, 0.25) is 0 Å². The van der Waals surface area contributed by atoms with E-state index in [4.69, 9.17) is 0 Å². The molecule has 3 rings (SSSR count). The number of nitrogens with one attached hydrogen (secondary N) is 1. The van der Waals surface area contributed by atoms with Crippen molar-refractivity contribution in [1.29, 1.82) is 0 Å².